The number of unbranched alkanes of at least 4 members (excludes halogenated alkanes) is 1. The molecule has 0 heterocycles. The summed E-state index contributed by atoms with van der Waals surface area (Å²) >= 11 is 4.70. The molecule has 0 radical (unpaired) electrons. The van der Waals surface area contributed by atoms with Gasteiger partial charge in [-0.1, -0.05) is 6.42 Å². The van der Waals surface area contributed by atoms with E-state index >= 15 is 0 Å². The number of hydrogen-bond donors (Lipinski definition) is 4. The lowest BCUT2D eigenvalue weighted by atomic mass is 10.0. The van der Waals surface area contributed by atoms with E-state index in [9.17, 15) is 14.8 Å². The van der Waals surface area contributed by atoms with Crippen molar-refractivity contribution in [2.75, 3.05) is 19.8 Å². The fourth-order valence-electron chi connectivity index (χ4n) is 1.47. The molecule has 0 saturated heterocycles. The quantitative estimate of drug-likeness (QED) is 0.248. The van der Waals surface area contributed by atoms with Gasteiger partial charge in [0.15, 0.2) is 6.29 Å². The maximum absolute atomic E-state index is 10.7. The van der Waals surface area contributed by atoms with Gasteiger partial charge >= 0.3 is 6.72 Å². The number of nitrogens with one attached hydrogen (secondary N) is 1. The van der Waals surface area contributed by atoms with E-state index in [1.807, 2.05) is 0 Å². The van der Waals surface area contributed by atoms with Gasteiger partial charge in [-0.05, 0) is 31.6 Å². The van der Waals surface area contributed by atoms with Crippen molar-refractivity contribution in [2.24, 2.45) is 5.92 Å². The van der Waals surface area contributed by atoms with E-state index in [4.69, 9.17) is 21.4 Å². The molecule has 9 heteroatoms. The predicted molar refractivity (Wildman–Crippen MR) is 78.3 cm³/mol. The molecule has 0 aromatic rings. The Hall–Kier alpha value is -0.0800. The van der Waals surface area contributed by atoms with Gasteiger partial charge in [0.1, 0.15) is 0 Å². The normalized spacial score (nSPS) is 17.2. The minimum atomic E-state index is -3.46. The third-order valence-corrected chi connectivity index (χ3v) is 4.05. The Morgan fingerprint density at radius 1 is 1.45 bits per heavy atom. The number of amides is 1. The number of rotatable bonds is 11. The number of carbonyl (C=O) groups excluding carboxylic acids is 1. The van der Waals surface area contributed by atoms with Crippen LogP contribution in [0.15, 0.2) is 0 Å². The highest BCUT2D eigenvalue weighted by Crippen LogP contribution is 2.45. The molecule has 0 aliphatic heterocycles. The fourth-order valence-corrected chi connectivity index (χ4v) is 2.87. The SMILES string of the molecule is CC(=O)NCCCCC(CO)COP(O)(=S)OC(C)O. The van der Waals surface area contributed by atoms with Crippen molar-refractivity contribution in [3.63, 3.8) is 0 Å². The Morgan fingerprint density at radius 2 is 2.10 bits per heavy atom. The monoisotopic (exact) mass is 329 g/mol. The Bertz CT molecular complexity index is 328. The summed E-state index contributed by atoms with van der Waals surface area (Å²) in [7, 11) is 0. The molecule has 0 rings (SSSR count). The third kappa shape index (κ3) is 11.7. The highest BCUT2D eigenvalue weighted by molar-refractivity contribution is 8.07. The highest BCUT2D eigenvalue weighted by Gasteiger charge is 2.20. The van der Waals surface area contributed by atoms with E-state index in [-0.39, 0.29) is 25.0 Å². The average Bonchev–Trinajstić information content (AvgIpc) is 2.30. The molecule has 0 bridgehead atoms. The number of carbonyl (C=O) groups is 1. The molecule has 7 nitrogen and oxygen atoms in total. The second-order valence-electron chi connectivity index (χ2n) is 4.50. The maximum atomic E-state index is 10.7. The molecule has 0 fully saturated rings. The van der Waals surface area contributed by atoms with E-state index in [1.54, 1.807) is 0 Å². The van der Waals surface area contributed by atoms with E-state index in [2.05, 4.69) is 9.84 Å². The molecule has 3 atom stereocenters. The molecule has 0 aliphatic carbocycles. The van der Waals surface area contributed by atoms with Crippen LogP contribution in [0.2, 0.25) is 0 Å². The van der Waals surface area contributed by atoms with Crippen LogP contribution in [0.3, 0.4) is 0 Å². The Labute approximate surface area is 124 Å². The zero-order chi connectivity index (χ0) is 15.6. The summed E-state index contributed by atoms with van der Waals surface area (Å²) in [5, 5.41) is 20.9. The lowest BCUT2D eigenvalue weighted by Gasteiger charge is -2.20. The van der Waals surface area contributed by atoms with Gasteiger partial charge in [0, 0.05) is 26.0 Å². The van der Waals surface area contributed by atoms with Crippen LogP contribution in [-0.4, -0.2) is 47.1 Å². The van der Waals surface area contributed by atoms with Gasteiger partial charge in [-0.15, -0.1) is 0 Å². The predicted octanol–water partition coefficient (Wildman–Crippen LogP) is 0.490. The molecule has 20 heavy (non-hydrogen) atoms. The molecule has 120 valence electrons. The van der Waals surface area contributed by atoms with Crippen molar-refractivity contribution in [1.29, 1.82) is 0 Å². The van der Waals surface area contributed by atoms with Crippen molar-refractivity contribution in [3.8, 4) is 0 Å². The van der Waals surface area contributed by atoms with Crippen LogP contribution < -0.4 is 5.32 Å². The van der Waals surface area contributed by atoms with Gasteiger partial charge in [0.2, 0.25) is 5.91 Å². The Kier molecular flexibility index (Phi) is 10.6. The topological polar surface area (TPSA) is 108 Å². The molecule has 4 N–H and O–H groups in total. The first kappa shape index (κ1) is 19.9. The van der Waals surface area contributed by atoms with Crippen LogP contribution in [0.1, 0.15) is 33.1 Å². The number of hydrogen-bond acceptors (Lipinski definition) is 6. The first-order chi connectivity index (χ1) is 9.26. The highest BCUT2D eigenvalue weighted by atomic mass is 32.5. The number of aliphatic hydroxyl groups is 2. The van der Waals surface area contributed by atoms with Gasteiger partial charge in [0.25, 0.3) is 0 Å². The smallest absolute Gasteiger partial charge is 0.326 e. The Balaban J connectivity index is 3.86. The van der Waals surface area contributed by atoms with Gasteiger partial charge < -0.3 is 24.9 Å². The van der Waals surface area contributed by atoms with Crippen LogP contribution in [0.5, 0.6) is 0 Å². The van der Waals surface area contributed by atoms with Crippen LogP contribution >= 0.6 is 6.72 Å². The van der Waals surface area contributed by atoms with Crippen molar-refractivity contribution in [3.05, 3.63) is 0 Å². The van der Waals surface area contributed by atoms with Crippen LogP contribution in [0, 0.1) is 5.92 Å². The fraction of sp³-hybridized carbons (Fsp3) is 0.909. The zero-order valence-corrected chi connectivity index (χ0v) is 13.5. The average molecular weight is 329 g/mol. The summed E-state index contributed by atoms with van der Waals surface area (Å²) in [6.45, 7) is -0.106. The second kappa shape index (κ2) is 10.6. The van der Waals surface area contributed by atoms with Crippen molar-refractivity contribution < 1.29 is 28.9 Å². The van der Waals surface area contributed by atoms with Crippen molar-refractivity contribution in [2.45, 2.75) is 39.4 Å². The summed E-state index contributed by atoms with van der Waals surface area (Å²) in [5.74, 6) is -0.234. The largest absolute Gasteiger partial charge is 0.396 e. The molecule has 0 saturated carbocycles. The summed E-state index contributed by atoms with van der Waals surface area (Å²) in [4.78, 5) is 20.2. The van der Waals surface area contributed by atoms with E-state index < -0.39 is 13.0 Å². The first-order valence-electron chi connectivity index (χ1n) is 6.46. The molecule has 0 spiro atoms. The molecule has 3 unspecified atom stereocenters. The lowest BCUT2D eigenvalue weighted by molar-refractivity contribution is -0.118. The molecule has 1 amide bonds. The van der Waals surface area contributed by atoms with E-state index in [1.165, 1.54) is 13.8 Å². The molecular weight excluding hydrogens is 305 g/mol. The third-order valence-electron chi connectivity index (χ3n) is 2.43. The minimum absolute atomic E-state index is 0.0664. The van der Waals surface area contributed by atoms with Crippen LogP contribution in [0.25, 0.3) is 0 Å². The van der Waals surface area contributed by atoms with Gasteiger partial charge in [-0.25, -0.2) is 0 Å². The van der Waals surface area contributed by atoms with E-state index in [0.717, 1.165) is 12.8 Å². The molecule has 0 aromatic carbocycles. The maximum Gasteiger partial charge on any atom is 0.326 e. The molecular formula is C11H24NO6PS. The van der Waals surface area contributed by atoms with Crippen molar-refractivity contribution in [1.82, 2.24) is 5.32 Å². The molecule has 0 aromatic heterocycles. The lowest BCUT2D eigenvalue weighted by Crippen LogP contribution is -2.21. The summed E-state index contributed by atoms with van der Waals surface area (Å²) in [5.41, 5.74) is 0. The van der Waals surface area contributed by atoms with Crippen LogP contribution in [0.4, 0.5) is 0 Å². The van der Waals surface area contributed by atoms with Crippen LogP contribution in [-0.2, 0) is 25.6 Å². The second-order valence-corrected chi connectivity index (χ2v) is 7.29. The minimum Gasteiger partial charge on any atom is -0.396 e. The van der Waals surface area contributed by atoms with Gasteiger partial charge in [0.05, 0.1) is 6.61 Å². The van der Waals surface area contributed by atoms with E-state index in [0.29, 0.717) is 13.0 Å². The van der Waals surface area contributed by atoms with Gasteiger partial charge in [-0.3, -0.25) is 9.32 Å². The standard InChI is InChI=1S/C11H24NO6PS/c1-9(14)12-6-4-3-5-11(7-13)8-17-19(16,20)18-10(2)15/h10-11,13,15H,3-8H2,1-2H3,(H,12,14)(H,16,20). The van der Waals surface area contributed by atoms with Gasteiger partial charge in [-0.2, -0.15) is 0 Å². The zero-order valence-electron chi connectivity index (χ0n) is 11.8. The summed E-state index contributed by atoms with van der Waals surface area (Å²) < 4.78 is 9.75. The first-order valence-corrected chi connectivity index (χ1v) is 9.05. The molecule has 0 aliphatic rings. The summed E-state index contributed by atoms with van der Waals surface area (Å²) in [6, 6.07) is 0. The Morgan fingerprint density at radius 3 is 2.60 bits per heavy atom. The summed E-state index contributed by atoms with van der Waals surface area (Å²) in [6.07, 6.45) is 1.09. The number of aliphatic hydroxyl groups excluding tert-OH is 2. The van der Waals surface area contributed by atoms with Crippen molar-refractivity contribution >= 4 is 24.4 Å².